The lowest BCUT2D eigenvalue weighted by molar-refractivity contribution is 0.0244. The molecule has 1 aromatic carbocycles. The van der Waals surface area contributed by atoms with Crippen LogP contribution in [0.15, 0.2) is 24.3 Å². The van der Waals surface area contributed by atoms with Crippen molar-refractivity contribution < 1.29 is 24.2 Å². The normalized spacial score (nSPS) is 20.8. The van der Waals surface area contributed by atoms with Gasteiger partial charge in [-0.05, 0) is 45.7 Å². The van der Waals surface area contributed by atoms with Crippen molar-refractivity contribution in [2.45, 2.75) is 51.9 Å². The van der Waals surface area contributed by atoms with E-state index in [0.29, 0.717) is 18.7 Å². The number of carbonyl (C=O) groups is 2. The van der Waals surface area contributed by atoms with Gasteiger partial charge in [0.2, 0.25) is 0 Å². The minimum atomic E-state index is -0.741. The second-order valence-electron chi connectivity index (χ2n) is 7.19. The Morgan fingerprint density at radius 3 is 2.60 bits per heavy atom. The third-order valence-corrected chi connectivity index (χ3v) is 3.83. The summed E-state index contributed by atoms with van der Waals surface area (Å²) in [5.41, 5.74) is 0.226. The van der Waals surface area contributed by atoms with E-state index in [1.807, 2.05) is 19.1 Å². The van der Waals surface area contributed by atoms with Crippen LogP contribution in [0, 0.1) is 6.92 Å². The first kappa shape index (κ1) is 19.1. The average molecular weight is 350 g/mol. The maximum atomic E-state index is 12.4. The van der Waals surface area contributed by atoms with Crippen LogP contribution in [0.4, 0.5) is 9.59 Å². The fourth-order valence-electron chi connectivity index (χ4n) is 2.54. The van der Waals surface area contributed by atoms with Crippen LogP contribution in [0.3, 0.4) is 0 Å². The molecule has 0 bridgehead atoms. The van der Waals surface area contributed by atoms with Crippen molar-refractivity contribution in [3.05, 3.63) is 29.8 Å². The van der Waals surface area contributed by atoms with Crippen molar-refractivity contribution in [2.24, 2.45) is 0 Å². The Bertz CT molecular complexity index is 626. The van der Waals surface area contributed by atoms with Crippen LogP contribution in [-0.2, 0) is 4.74 Å². The topological polar surface area (TPSA) is 88.1 Å². The van der Waals surface area contributed by atoms with Crippen LogP contribution in [-0.4, -0.2) is 53.0 Å². The Balaban J connectivity index is 1.96. The molecule has 0 radical (unpaired) electrons. The van der Waals surface area contributed by atoms with E-state index in [9.17, 15) is 14.7 Å². The zero-order valence-electron chi connectivity index (χ0n) is 15.1. The van der Waals surface area contributed by atoms with Crippen molar-refractivity contribution in [3.63, 3.8) is 0 Å². The van der Waals surface area contributed by atoms with Crippen molar-refractivity contribution in [1.29, 1.82) is 0 Å². The van der Waals surface area contributed by atoms with Crippen molar-refractivity contribution in [2.75, 3.05) is 13.1 Å². The fraction of sp³-hybridized carbons (Fsp3) is 0.556. The predicted molar refractivity (Wildman–Crippen MR) is 92.6 cm³/mol. The summed E-state index contributed by atoms with van der Waals surface area (Å²) in [6.07, 6.45) is -1.51. The summed E-state index contributed by atoms with van der Waals surface area (Å²) in [4.78, 5) is 25.7. The van der Waals surface area contributed by atoms with E-state index >= 15 is 0 Å². The first-order chi connectivity index (χ1) is 11.7. The van der Waals surface area contributed by atoms with Gasteiger partial charge in [0.25, 0.3) is 0 Å². The standard InChI is InChI=1S/C18H26N2O5/c1-12-7-5-6-8-15(12)24-17(23)20-10-9-14(21)13(11-20)19-16(22)25-18(2,3)4/h5-8,13-14,21H,9-11H2,1-4H3,(H,19,22)/t13-,14+/m1/s1. The fourth-order valence-corrected chi connectivity index (χ4v) is 2.54. The Morgan fingerprint density at radius 1 is 1.28 bits per heavy atom. The van der Waals surface area contributed by atoms with Gasteiger partial charge >= 0.3 is 12.2 Å². The number of ether oxygens (including phenoxy) is 2. The molecular weight excluding hydrogens is 324 g/mol. The Morgan fingerprint density at radius 2 is 1.96 bits per heavy atom. The number of piperidine rings is 1. The Kier molecular flexibility index (Phi) is 5.89. The predicted octanol–water partition coefficient (Wildman–Crippen LogP) is 2.45. The second kappa shape index (κ2) is 7.74. The quantitative estimate of drug-likeness (QED) is 0.855. The highest BCUT2D eigenvalue weighted by atomic mass is 16.6. The number of nitrogens with zero attached hydrogens (tertiary/aromatic N) is 1. The molecule has 7 nitrogen and oxygen atoms in total. The number of hydrogen-bond acceptors (Lipinski definition) is 5. The number of likely N-dealkylation sites (tertiary alicyclic amines) is 1. The SMILES string of the molecule is Cc1ccccc1OC(=O)N1CC[C@H](O)[C@H](NC(=O)OC(C)(C)C)C1. The number of alkyl carbamates (subject to hydrolysis) is 1. The third kappa shape index (κ3) is 5.63. The number of aliphatic hydroxyl groups is 1. The van der Waals surface area contributed by atoms with Crippen LogP contribution in [0.25, 0.3) is 0 Å². The van der Waals surface area contributed by atoms with E-state index in [4.69, 9.17) is 9.47 Å². The van der Waals surface area contributed by atoms with Crippen LogP contribution in [0.1, 0.15) is 32.8 Å². The van der Waals surface area contributed by atoms with Crippen molar-refractivity contribution in [1.82, 2.24) is 10.2 Å². The monoisotopic (exact) mass is 350 g/mol. The Labute approximate surface area is 147 Å². The molecule has 1 fully saturated rings. The number of carbonyl (C=O) groups excluding carboxylic acids is 2. The van der Waals surface area contributed by atoms with Crippen molar-refractivity contribution >= 4 is 12.2 Å². The van der Waals surface area contributed by atoms with Gasteiger partial charge in [-0.15, -0.1) is 0 Å². The smallest absolute Gasteiger partial charge is 0.415 e. The zero-order valence-corrected chi connectivity index (χ0v) is 15.1. The molecule has 7 heteroatoms. The average Bonchev–Trinajstić information content (AvgIpc) is 2.49. The summed E-state index contributed by atoms with van der Waals surface area (Å²) < 4.78 is 10.6. The molecule has 25 heavy (non-hydrogen) atoms. The lowest BCUT2D eigenvalue weighted by atomic mass is 10.0. The number of benzene rings is 1. The maximum Gasteiger partial charge on any atom is 0.415 e. The zero-order chi connectivity index (χ0) is 18.6. The molecule has 0 spiro atoms. The van der Waals surface area contributed by atoms with Gasteiger partial charge in [0, 0.05) is 13.1 Å². The molecule has 2 rings (SSSR count). The molecule has 138 valence electrons. The first-order valence-corrected chi connectivity index (χ1v) is 8.35. The summed E-state index contributed by atoms with van der Waals surface area (Å²) in [5.74, 6) is 0.496. The van der Waals surface area contributed by atoms with Gasteiger partial charge in [0.1, 0.15) is 11.4 Å². The number of aliphatic hydroxyl groups excluding tert-OH is 1. The van der Waals surface area contributed by atoms with Gasteiger partial charge < -0.3 is 24.8 Å². The molecule has 0 aromatic heterocycles. The Hall–Kier alpha value is -2.28. The molecule has 2 amide bonds. The lowest BCUT2D eigenvalue weighted by Crippen LogP contribution is -2.57. The molecular formula is C18H26N2O5. The molecule has 0 unspecified atom stereocenters. The number of aryl methyl sites for hydroxylation is 1. The van der Waals surface area contributed by atoms with Gasteiger partial charge in [-0.25, -0.2) is 9.59 Å². The number of amides is 2. The number of hydrogen-bond donors (Lipinski definition) is 2. The van der Waals surface area contributed by atoms with Gasteiger partial charge in [-0.1, -0.05) is 18.2 Å². The molecule has 0 aliphatic carbocycles. The molecule has 2 atom stereocenters. The first-order valence-electron chi connectivity index (χ1n) is 8.35. The highest BCUT2D eigenvalue weighted by Gasteiger charge is 2.33. The molecule has 2 N–H and O–H groups in total. The molecule has 1 saturated heterocycles. The van der Waals surface area contributed by atoms with Crippen molar-refractivity contribution in [3.8, 4) is 5.75 Å². The summed E-state index contributed by atoms with van der Waals surface area (Å²) in [6, 6.07) is 6.64. The van der Waals surface area contributed by atoms with Crippen LogP contribution in [0.5, 0.6) is 5.75 Å². The van der Waals surface area contributed by atoms with Crippen LogP contribution in [0.2, 0.25) is 0 Å². The number of rotatable bonds is 2. The maximum absolute atomic E-state index is 12.4. The van der Waals surface area contributed by atoms with E-state index in [1.165, 1.54) is 4.90 Å². The molecule has 0 saturated carbocycles. The van der Waals surface area contributed by atoms with Crippen LogP contribution < -0.4 is 10.1 Å². The third-order valence-electron chi connectivity index (χ3n) is 3.83. The number of nitrogens with one attached hydrogen (secondary N) is 1. The highest BCUT2D eigenvalue weighted by molar-refractivity contribution is 5.72. The number of para-hydroxylation sites is 1. The molecule has 1 aliphatic rings. The van der Waals surface area contributed by atoms with Gasteiger partial charge in [0.05, 0.1) is 12.1 Å². The summed E-state index contributed by atoms with van der Waals surface area (Å²) in [5, 5.41) is 12.7. The van der Waals surface area contributed by atoms with Gasteiger partial charge in [-0.2, -0.15) is 0 Å². The summed E-state index contributed by atoms with van der Waals surface area (Å²) in [6.45, 7) is 7.65. The van der Waals surface area contributed by atoms with Gasteiger partial charge in [-0.3, -0.25) is 0 Å². The molecule has 1 aliphatic heterocycles. The summed E-state index contributed by atoms with van der Waals surface area (Å²) >= 11 is 0. The molecule has 1 heterocycles. The van der Waals surface area contributed by atoms with Crippen LogP contribution >= 0.6 is 0 Å². The van der Waals surface area contributed by atoms with E-state index in [1.54, 1.807) is 32.9 Å². The van der Waals surface area contributed by atoms with E-state index in [0.717, 1.165) is 5.56 Å². The lowest BCUT2D eigenvalue weighted by Gasteiger charge is -2.36. The second-order valence-corrected chi connectivity index (χ2v) is 7.19. The largest absolute Gasteiger partial charge is 0.444 e. The summed E-state index contributed by atoms with van der Waals surface area (Å²) in [7, 11) is 0. The highest BCUT2D eigenvalue weighted by Crippen LogP contribution is 2.19. The van der Waals surface area contributed by atoms with E-state index < -0.39 is 29.9 Å². The minimum Gasteiger partial charge on any atom is -0.444 e. The van der Waals surface area contributed by atoms with E-state index in [-0.39, 0.29) is 6.54 Å². The molecule has 1 aromatic rings. The minimum absolute atomic E-state index is 0.158. The van der Waals surface area contributed by atoms with Gasteiger partial charge in [0.15, 0.2) is 0 Å². The van der Waals surface area contributed by atoms with E-state index in [2.05, 4.69) is 5.32 Å².